The minimum atomic E-state index is -0.573. The highest BCUT2D eigenvalue weighted by Crippen LogP contribution is 2.36. The van der Waals surface area contributed by atoms with Gasteiger partial charge in [-0.3, -0.25) is 4.79 Å². The van der Waals surface area contributed by atoms with Crippen LogP contribution in [0.4, 0.5) is 17.5 Å². The van der Waals surface area contributed by atoms with Gasteiger partial charge in [0.15, 0.2) is 0 Å². The number of aromatic nitrogens is 3. The number of rotatable bonds is 7. The fourth-order valence-corrected chi connectivity index (χ4v) is 4.78. The maximum Gasteiger partial charge on any atom is 0.253 e. The van der Waals surface area contributed by atoms with Gasteiger partial charge in [-0.05, 0) is 55.2 Å². The van der Waals surface area contributed by atoms with Crippen LogP contribution >= 0.6 is 11.6 Å². The van der Waals surface area contributed by atoms with Crippen molar-refractivity contribution in [2.24, 2.45) is 0 Å². The van der Waals surface area contributed by atoms with Crippen molar-refractivity contribution in [3.63, 3.8) is 0 Å². The highest BCUT2D eigenvalue weighted by molar-refractivity contribution is 6.33. The van der Waals surface area contributed by atoms with Crippen LogP contribution in [0.1, 0.15) is 41.8 Å². The minimum absolute atomic E-state index is 0.127. The van der Waals surface area contributed by atoms with Crippen molar-refractivity contribution >= 4 is 46.0 Å². The van der Waals surface area contributed by atoms with E-state index < -0.39 is 6.10 Å². The second-order valence-electron chi connectivity index (χ2n) is 9.67. The van der Waals surface area contributed by atoms with Crippen molar-refractivity contribution in [3.8, 4) is 11.1 Å². The molecule has 1 amide bonds. The number of aliphatic hydroxyl groups is 1. The Bertz CT molecular complexity index is 1460. The van der Waals surface area contributed by atoms with Crippen LogP contribution in [0.2, 0.25) is 5.02 Å². The van der Waals surface area contributed by atoms with Crippen molar-refractivity contribution in [2.45, 2.75) is 31.9 Å². The molecule has 10 heteroatoms. The normalized spacial score (nSPS) is 14.9. The molecule has 1 saturated heterocycles. The molecule has 198 valence electrons. The van der Waals surface area contributed by atoms with Gasteiger partial charge in [0.2, 0.25) is 5.95 Å². The zero-order valence-corrected chi connectivity index (χ0v) is 22.3. The Labute approximate surface area is 226 Å². The minimum Gasteiger partial charge on any atom is -0.389 e. The number of carbonyl (C=O) groups is 1. The van der Waals surface area contributed by atoms with Gasteiger partial charge in [-0.15, -0.1) is 0 Å². The molecule has 1 unspecified atom stereocenters. The molecule has 2 aromatic heterocycles. The van der Waals surface area contributed by atoms with Gasteiger partial charge in [0.05, 0.1) is 22.2 Å². The quantitative estimate of drug-likeness (QED) is 0.252. The van der Waals surface area contributed by atoms with E-state index in [1.807, 2.05) is 30.5 Å². The van der Waals surface area contributed by atoms with Crippen LogP contribution in [0.25, 0.3) is 22.2 Å². The molecule has 1 atom stereocenters. The molecule has 38 heavy (non-hydrogen) atoms. The lowest BCUT2D eigenvalue weighted by Crippen LogP contribution is -2.28. The third-order valence-corrected chi connectivity index (χ3v) is 6.96. The third-order valence-electron chi connectivity index (χ3n) is 6.64. The number of carbonyl (C=O) groups excluding carboxylic acids is 1. The summed E-state index contributed by atoms with van der Waals surface area (Å²) in [6, 6.07) is 13.1. The van der Waals surface area contributed by atoms with E-state index in [2.05, 4.69) is 15.6 Å². The molecule has 0 bridgehead atoms. The second kappa shape index (κ2) is 11.0. The number of halogens is 1. The fourth-order valence-electron chi connectivity index (χ4n) is 4.55. The number of aliphatic hydroxyl groups excluding tert-OH is 1. The first kappa shape index (κ1) is 26.0. The largest absolute Gasteiger partial charge is 0.389 e. The second-order valence-corrected chi connectivity index (χ2v) is 10.1. The monoisotopic (exact) mass is 534 g/mol. The number of ether oxygens (including phenoxy) is 1. The fraction of sp³-hybridized carbons (Fsp3) is 0.321. The van der Waals surface area contributed by atoms with E-state index in [0.29, 0.717) is 46.9 Å². The van der Waals surface area contributed by atoms with Gasteiger partial charge in [0, 0.05) is 50.7 Å². The number of nitrogens with one attached hydrogen (secondary N) is 3. The highest BCUT2D eigenvalue weighted by atomic mass is 35.5. The van der Waals surface area contributed by atoms with Gasteiger partial charge in [-0.1, -0.05) is 29.8 Å². The Balaban J connectivity index is 1.54. The number of amides is 1. The summed E-state index contributed by atoms with van der Waals surface area (Å²) in [5, 5.41) is 18.2. The SMILES string of the molecule is CC(O)c1cccc(-c2c[nH]c3nc(Nc4ccc(C(=O)N(C)C)cc4Cl)nc(NC4CCOCC4)c23)c1. The van der Waals surface area contributed by atoms with E-state index in [0.717, 1.165) is 34.9 Å². The van der Waals surface area contributed by atoms with Gasteiger partial charge in [0.1, 0.15) is 11.5 Å². The zero-order chi connectivity index (χ0) is 26.8. The molecule has 0 saturated carbocycles. The summed E-state index contributed by atoms with van der Waals surface area (Å²) in [6.07, 6.45) is 3.09. The van der Waals surface area contributed by atoms with Crippen LogP contribution in [-0.4, -0.2) is 64.2 Å². The number of hydrogen-bond acceptors (Lipinski definition) is 7. The first-order chi connectivity index (χ1) is 18.3. The number of H-pyrrole nitrogens is 1. The van der Waals surface area contributed by atoms with Crippen molar-refractivity contribution in [2.75, 3.05) is 37.9 Å². The van der Waals surface area contributed by atoms with E-state index in [1.54, 1.807) is 39.2 Å². The lowest BCUT2D eigenvalue weighted by atomic mass is 10.0. The van der Waals surface area contributed by atoms with Crippen LogP contribution in [0.15, 0.2) is 48.7 Å². The molecule has 1 aliphatic heterocycles. The van der Waals surface area contributed by atoms with Gasteiger partial charge in [-0.25, -0.2) is 0 Å². The van der Waals surface area contributed by atoms with E-state index in [9.17, 15) is 9.90 Å². The summed E-state index contributed by atoms with van der Waals surface area (Å²) in [4.78, 5) is 26.7. The number of benzene rings is 2. The highest BCUT2D eigenvalue weighted by Gasteiger charge is 2.21. The summed E-state index contributed by atoms with van der Waals surface area (Å²) >= 11 is 6.52. The number of anilines is 3. The lowest BCUT2D eigenvalue weighted by Gasteiger charge is -2.24. The Morgan fingerprint density at radius 3 is 2.68 bits per heavy atom. The summed E-state index contributed by atoms with van der Waals surface area (Å²) in [5.74, 6) is 0.933. The molecule has 0 aliphatic carbocycles. The molecule has 5 rings (SSSR count). The predicted molar refractivity (Wildman–Crippen MR) is 150 cm³/mol. The maximum absolute atomic E-state index is 12.3. The third kappa shape index (κ3) is 5.45. The van der Waals surface area contributed by atoms with Crippen molar-refractivity contribution < 1.29 is 14.6 Å². The molecule has 0 spiro atoms. The first-order valence-corrected chi connectivity index (χ1v) is 13.0. The number of hydrogen-bond donors (Lipinski definition) is 4. The van der Waals surface area contributed by atoms with Crippen LogP contribution in [0.3, 0.4) is 0 Å². The van der Waals surface area contributed by atoms with E-state index in [-0.39, 0.29) is 11.9 Å². The van der Waals surface area contributed by atoms with Gasteiger partial charge in [-0.2, -0.15) is 9.97 Å². The number of aromatic amines is 1. The van der Waals surface area contributed by atoms with Gasteiger partial charge < -0.3 is 30.4 Å². The molecule has 2 aromatic carbocycles. The Morgan fingerprint density at radius 2 is 1.97 bits per heavy atom. The van der Waals surface area contributed by atoms with Gasteiger partial charge >= 0.3 is 0 Å². The molecule has 4 aromatic rings. The Kier molecular flexibility index (Phi) is 7.51. The van der Waals surface area contributed by atoms with Crippen molar-refractivity contribution in [1.82, 2.24) is 19.9 Å². The van der Waals surface area contributed by atoms with E-state index in [4.69, 9.17) is 26.3 Å². The summed E-state index contributed by atoms with van der Waals surface area (Å²) in [6.45, 7) is 3.14. The smallest absolute Gasteiger partial charge is 0.253 e. The molecule has 1 fully saturated rings. The molecular formula is C28H31ClN6O3. The van der Waals surface area contributed by atoms with Crippen LogP contribution in [0.5, 0.6) is 0 Å². The van der Waals surface area contributed by atoms with Crippen molar-refractivity contribution in [3.05, 3.63) is 64.8 Å². The molecule has 0 radical (unpaired) electrons. The zero-order valence-electron chi connectivity index (χ0n) is 21.6. The van der Waals surface area contributed by atoms with Gasteiger partial charge in [0.25, 0.3) is 5.91 Å². The lowest BCUT2D eigenvalue weighted by molar-refractivity contribution is 0.0827. The standard InChI is InChI=1S/C28H31ClN6O3/c1-16(36)17-5-4-6-18(13-17)21-15-30-25-24(21)26(31-20-9-11-38-12-10-20)34-28(33-25)32-23-8-7-19(14-22(23)29)27(37)35(2)3/h4-8,13-16,20,36H,9-12H2,1-3H3,(H3,30,31,32,33,34). The summed E-state index contributed by atoms with van der Waals surface area (Å²) in [5.41, 5.74) is 4.48. The molecular weight excluding hydrogens is 504 g/mol. The average Bonchev–Trinajstić information content (AvgIpc) is 3.34. The van der Waals surface area contributed by atoms with Crippen LogP contribution < -0.4 is 10.6 Å². The van der Waals surface area contributed by atoms with Crippen LogP contribution in [-0.2, 0) is 4.74 Å². The summed E-state index contributed by atoms with van der Waals surface area (Å²) < 4.78 is 5.54. The topological polar surface area (TPSA) is 115 Å². The maximum atomic E-state index is 12.3. The number of fused-ring (bicyclic) bond motifs is 1. The molecule has 9 nitrogen and oxygen atoms in total. The summed E-state index contributed by atoms with van der Waals surface area (Å²) in [7, 11) is 3.40. The van der Waals surface area contributed by atoms with Crippen LogP contribution in [0, 0.1) is 0 Å². The molecule has 1 aliphatic rings. The van der Waals surface area contributed by atoms with E-state index in [1.165, 1.54) is 4.90 Å². The Hall–Kier alpha value is -3.66. The van der Waals surface area contributed by atoms with Crippen molar-refractivity contribution in [1.29, 1.82) is 0 Å². The first-order valence-electron chi connectivity index (χ1n) is 12.6. The average molecular weight is 535 g/mol. The molecule has 4 N–H and O–H groups in total. The number of nitrogens with zero attached hydrogens (tertiary/aromatic N) is 3. The van der Waals surface area contributed by atoms with E-state index >= 15 is 0 Å². The predicted octanol–water partition coefficient (Wildman–Crippen LogP) is 5.37. The molecule has 3 heterocycles. The Morgan fingerprint density at radius 1 is 1.18 bits per heavy atom.